The van der Waals surface area contributed by atoms with E-state index in [4.69, 9.17) is 0 Å². The summed E-state index contributed by atoms with van der Waals surface area (Å²) < 4.78 is 0. The molecule has 2 atom stereocenters. The summed E-state index contributed by atoms with van der Waals surface area (Å²) in [6.07, 6.45) is 5.86. The van der Waals surface area contributed by atoms with E-state index in [1.807, 2.05) is 0 Å². The van der Waals surface area contributed by atoms with Crippen LogP contribution in [0.15, 0.2) is 0 Å². The highest BCUT2D eigenvalue weighted by Crippen LogP contribution is 2.34. The Bertz CT molecular complexity index is 109. The van der Waals surface area contributed by atoms with E-state index in [0.29, 0.717) is 0 Å². The van der Waals surface area contributed by atoms with Crippen molar-refractivity contribution in [1.82, 2.24) is 0 Å². The van der Waals surface area contributed by atoms with E-state index in [9.17, 15) is 0 Å². The summed E-state index contributed by atoms with van der Waals surface area (Å²) in [7, 11) is 0. The minimum atomic E-state index is 0.820. The molecule has 1 fully saturated rings. The molecule has 1 aliphatic rings. The lowest BCUT2D eigenvalue weighted by molar-refractivity contribution is 0.397. The van der Waals surface area contributed by atoms with Gasteiger partial charge in [-0.1, -0.05) is 33.6 Å². The summed E-state index contributed by atoms with van der Waals surface area (Å²) in [5, 5.41) is 1.78. The van der Waals surface area contributed by atoms with Gasteiger partial charge in [0.05, 0.1) is 0 Å². The molecular formula is C10H20S. The van der Waals surface area contributed by atoms with E-state index in [0.717, 1.165) is 16.4 Å². The molecular weight excluding hydrogens is 152 g/mol. The molecule has 0 amide bonds. The van der Waals surface area contributed by atoms with Crippen molar-refractivity contribution < 1.29 is 0 Å². The molecule has 1 rings (SSSR count). The number of rotatable bonds is 2. The molecule has 1 aliphatic carbocycles. The Morgan fingerprint density at radius 3 is 2.36 bits per heavy atom. The Hall–Kier alpha value is 0.350. The van der Waals surface area contributed by atoms with Crippen molar-refractivity contribution in [2.45, 2.75) is 57.0 Å². The molecule has 0 spiro atoms. The van der Waals surface area contributed by atoms with Crippen molar-refractivity contribution in [3.05, 3.63) is 0 Å². The lowest BCUT2D eigenvalue weighted by atomic mass is 9.90. The van der Waals surface area contributed by atoms with Gasteiger partial charge in [0.2, 0.25) is 0 Å². The number of thioether (sulfide) groups is 1. The molecule has 0 nitrogen and oxygen atoms in total. The summed E-state index contributed by atoms with van der Waals surface area (Å²) >= 11 is 2.18. The van der Waals surface area contributed by atoms with Crippen molar-refractivity contribution in [2.75, 3.05) is 0 Å². The van der Waals surface area contributed by atoms with Crippen LogP contribution in [-0.2, 0) is 0 Å². The SMILES string of the molecule is CC(C)SC1CCCCC1C. The van der Waals surface area contributed by atoms with Crippen LogP contribution in [-0.4, -0.2) is 10.5 Å². The van der Waals surface area contributed by atoms with Gasteiger partial charge in [0.1, 0.15) is 0 Å². The third kappa shape index (κ3) is 3.06. The Morgan fingerprint density at radius 2 is 1.82 bits per heavy atom. The second-order valence-corrected chi connectivity index (χ2v) is 5.81. The maximum absolute atomic E-state index is 2.42. The molecule has 0 bridgehead atoms. The van der Waals surface area contributed by atoms with E-state index < -0.39 is 0 Å². The molecule has 0 N–H and O–H groups in total. The van der Waals surface area contributed by atoms with Gasteiger partial charge < -0.3 is 0 Å². The standard InChI is InChI=1S/C10H20S/c1-8(2)11-10-7-5-4-6-9(10)3/h8-10H,4-7H2,1-3H3. The molecule has 0 heterocycles. The zero-order valence-corrected chi connectivity index (χ0v) is 8.79. The van der Waals surface area contributed by atoms with Gasteiger partial charge in [-0.05, 0) is 24.0 Å². The summed E-state index contributed by atoms with van der Waals surface area (Å²) in [6, 6.07) is 0. The van der Waals surface area contributed by atoms with Gasteiger partial charge in [-0.3, -0.25) is 0 Å². The minimum absolute atomic E-state index is 0.820. The van der Waals surface area contributed by atoms with E-state index in [1.54, 1.807) is 0 Å². The summed E-state index contributed by atoms with van der Waals surface area (Å²) in [6.45, 7) is 7.04. The first-order valence-electron chi connectivity index (χ1n) is 4.85. The van der Waals surface area contributed by atoms with Gasteiger partial charge in [0.25, 0.3) is 0 Å². The van der Waals surface area contributed by atoms with Crippen LogP contribution in [0.3, 0.4) is 0 Å². The molecule has 0 aliphatic heterocycles. The first-order chi connectivity index (χ1) is 5.20. The topological polar surface area (TPSA) is 0 Å². The van der Waals surface area contributed by atoms with Gasteiger partial charge in [0, 0.05) is 5.25 Å². The van der Waals surface area contributed by atoms with Crippen LogP contribution in [0.2, 0.25) is 0 Å². The highest BCUT2D eigenvalue weighted by atomic mass is 32.2. The predicted octanol–water partition coefficient (Wildman–Crippen LogP) is 3.71. The Labute approximate surface area is 75.1 Å². The van der Waals surface area contributed by atoms with Gasteiger partial charge in [-0.15, -0.1) is 0 Å². The maximum atomic E-state index is 2.42. The number of hydrogen-bond acceptors (Lipinski definition) is 1. The summed E-state index contributed by atoms with van der Waals surface area (Å²) in [5.41, 5.74) is 0. The molecule has 0 aromatic heterocycles. The predicted molar refractivity (Wildman–Crippen MR) is 54.1 cm³/mol. The van der Waals surface area contributed by atoms with Crippen molar-refractivity contribution in [2.24, 2.45) is 5.92 Å². The van der Waals surface area contributed by atoms with Gasteiger partial charge in [-0.2, -0.15) is 11.8 Å². The second kappa shape index (κ2) is 4.39. The molecule has 1 saturated carbocycles. The fraction of sp³-hybridized carbons (Fsp3) is 1.00. The van der Waals surface area contributed by atoms with E-state index in [2.05, 4.69) is 32.5 Å². The van der Waals surface area contributed by atoms with Crippen molar-refractivity contribution in [3.8, 4) is 0 Å². The fourth-order valence-electron chi connectivity index (χ4n) is 1.83. The van der Waals surface area contributed by atoms with Crippen molar-refractivity contribution in [3.63, 3.8) is 0 Å². The average Bonchev–Trinajstić information content (AvgIpc) is 1.93. The van der Waals surface area contributed by atoms with Gasteiger partial charge in [0.15, 0.2) is 0 Å². The smallest absolute Gasteiger partial charge is 0.00752 e. The minimum Gasteiger partial charge on any atom is -0.155 e. The second-order valence-electron chi connectivity index (χ2n) is 3.99. The Balaban J connectivity index is 2.29. The highest BCUT2D eigenvalue weighted by molar-refractivity contribution is 8.00. The molecule has 0 saturated heterocycles. The van der Waals surface area contributed by atoms with E-state index in [-0.39, 0.29) is 0 Å². The Morgan fingerprint density at radius 1 is 1.18 bits per heavy atom. The lowest BCUT2D eigenvalue weighted by Crippen LogP contribution is -2.20. The van der Waals surface area contributed by atoms with Crippen molar-refractivity contribution >= 4 is 11.8 Å². The van der Waals surface area contributed by atoms with Crippen LogP contribution in [0.5, 0.6) is 0 Å². The monoisotopic (exact) mass is 172 g/mol. The van der Waals surface area contributed by atoms with Crippen LogP contribution in [0.4, 0.5) is 0 Å². The fourth-order valence-corrected chi connectivity index (χ4v) is 3.24. The van der Waals surface area contributed by atoms with E-state index in [1.165, 1.54) is 25.7 Å². The van der Waals surface area contributed by atoms with E-state index >= 15 is 0 Å². The Kier molecular flexibility index (Phi) is 3.77. The molecule has 2 unspecified atom stereocenters. The molecule has 66 valence electrons. The summed E-state index contributed by atoms with van der Waals surface area (Å²) in [5.74, 6) is 0.969. The largest absolute Gasteiger partial charge is 0.155 e. The van der Waals surface area contributed by atoms with Crippen LogP contribution < -0.4 is 0 Å². The zero-order valence-electron chi connectivity index (χ0n) is 7.97. The molecule has 11 heavy (non-hydrogen) atoms. The quantitative estimate of drug-likeness (QED) is 0.612. The molecule has 0 aromatic rings. The number of hydrogen-bond donors (Lipinski definition) is 0. The maximum Gasteiger partial charge on any atom is 0.00752 e. The van der Waals surface area contributed by atoms with Gasteiger partial charge in [-0.25, -0.2) is 0 Å². The third-order valence-corrected chi connectivity index (χ3v) is 4.07. The first-order valence-corrected chi connectivity index (χ1v) is 5.80. The molecule has 0 aromatic carbocycles. The van der Waals surface area contributed by atoms with Crippen LogP contribution in [0.1, 0.15) is 46.5 Å². The summed E-state index contributed by atoms with van der Waals surface area (Å²) in [4.78, 5) is 0. The van der Waals surface area contributed by atoms with Crippen LogP contribution >= 0.6 is 11.8 Å². The van der Waals surface area contributed by atoms with Crippen LogP contribution in [0, 0.1) is 5.92 Å². The zero-order chi connectivity index (χ0) is 8.27. The molecule has 0 radical (unpaired) electrons. The first kappa shape index (κ1) is 9.44. The van der Waals surface area contributed by atoms with Crippen molar-refractivity contribution in [1.29, 1.82) is 0 Å². The molecule has 1 heteroatoms. The average molecular weight is 172 g/mol. The van der Waals surface area contributed by atoms with Crippen LogP contribution in [0.25, 0.3) is 0 Å². The normalized spacial score (nSPS) is 32.7. The van der Waals surface area contributed by atoms with Gasteiger partial charge >= 0.3 is 0 Å². The lowest BCUT2D eigenvalue weighted by Gasteiger charge is -2.29. The highest BCUT2D eigenvalue weighted by Gasteiger charge is 2.21. The third-order valence-electron chi connectivity index (χ3n) is 2.48.